The molecule has 1 heterocycles. The molecule has 1 aromatic heterocycles. The highest BCUT2D eigenvalue weighted by Gasteiger charge is 1.93. The van der Waals surface area contributed by atoms with Gasteiger partial charge in [-0.15, -0.1) is 0 Å². The summed E-state index contributed by atoms with van der Waals surface area (Å²) < 4.78 is 5.76. The van der Waals surface area contributed by atoms with E-state index in [0.717, 1.165) is 13.0 Å². The Hall–Kier alpha value is -0.790. The molecule has 0 bridgehead atoms. The van der Waals surface area contributed by atoms with Crippen LogP contribution in [0.4, 0.5) is 5.95 Å². The second-order valence-electron chi connectivity index (χ2n) is 2.62. The van der Waals surface area contributed by atoms with Crippen LogP contribution in [0.3, 0.4) is 0 Å². The first-order chi connectivity index (χ1) is 6.72. The van der Waals surface area contributed by atoms with Gasteiger partial charge in [-0.25, -0.2) is 0 Å². The second kappa shape index (κ2) is 5.84. The van der Waals surface area contributed by atoms with Gasteiger partial charge in [0.15, 0.2) is 4.77 Å². The Bertz CT molecular complexity index is 358. The fourth-order valence-corrected chi connectivity index (χ4v) is 1.35. The van der Waals surface area contributed by atoms with E-state index in [1.807, 2.05) is 0 Å². The lowest BCUT2D eigenvalue weighted by molar-refractivity contribution is 0.197. The molecular weight excluding hydrogens is 220 g/mol. The summed E-state index contributed by atoms with van der Waals surface area (Å²) in [6, 6.07) is 0. The van der Waals surface area contributed by atoms with Crippen LogP contribution in [0, 0.1) is 9.54 Å². The Labute approximate surface area is 91.9 Å². The number of hydrogen-bond acceptors (Lipinski definition) is 5. The molecule has 5 nitrogen and oxygen atoms in total. The molecule has 78 valence electrons. The molecule has 0 saturated carbocycles. The van der Waals surface area contributed by atoms with Crippen molar-refractivity contribution in [2.75, 3.05) is 25.6 Å². The zero-order valence-electron chi connectivity index (χ0n) is 7.79. The minimum absolute atomic E-state index is 0.378. The van der Waals surface area contributed by atoms with E-state index in [4.69, 9.17) is 29.2 Å². The van der Waals surface area contributed by atoms with E-state index >= 15 is 0 Å². The molecule has 0 aliphatic carbocycles. The monoisotopic (exact) mass is 232 g/mol. The van der Waals surface area contributed by atoms with Crippen LogP contribution in [0.5, 0.6) is 0 Å². The number of ether oxygens (including phenoxy) is 1. The molecular formula is C7H12N4OS2. The lowest BCUT2D eigenvalue weighted by atomic mass is 10.4. The molecule has 0 aromatic carbocycles. The molecule has 1 rings (SSSR count). The van der Waals surface area contributed by atoms with Crippen molar-refractivity contribution in [2.24, 2.45) is 0 Å². The van der Waals surface area contributed by atoms with Crippen LogP contribution in [-0.4, -0.2) is 35.2 Å². The number of rotatable bonds is 5. The number of H-pyrrole nitrogens is 2. The minimum Gasteiger partial charge on any atom is -0.385 e. The molecule has 0 fully saturated rings. The first kappa shape index (κ1) is 11.3. The molecule has 7 heteroatoms. The van der Waals surface area contributed by atoms with Crippen molar-refractivity contribution < 1.29 is 4.74 Å². The summed E-state index contributed by atoms with van der Waals surface area (Å²) in [4.78, 5) is 9.58. The van der Waals surface area contributed by atoms with Gasteiger partial charge >= 0.3 is 0 Å². The zero-order chi connectivity index (χ0) is 10.4. The summed E-state index contributed by atoms with van der Waals surface area (Å²) in [6.45, 7) is 1.48. The minimum atomic E-state index is 0.378. The van der Waals surface area contributed by atoms with Crippen molar-refractivity contribution in [1.29, 1.82) is 0 Å². The fraction of sp³-hybridized carbons (Fsp3) is 0.571. The van der Waals surface area contributed by atoms with Crippen LogP contribution in [0.1, 0.15) is 6.42 Å². The number of methoxy groups -OCH3 is 1. The van der Waals surface area contributed by atoms with Crippen molar-refractivity contribution in [3.8, 4) is 0 Å². The van der Waals surface area contributed by atoms with Crippen LogP contribution >= 0.6 is 24.4 Å². The number of anilines is 1. The third-order valence-corrected chi connectivity index (χ3v) is 1.88. The number of nitrogens with zero attached hydrogens (tertiary/aromatic N) is 1. The molecule has 3 N–H and O–H groups in total. The van der Waals surface area contributed by atoms with Gasteiger partial charge < -0.3 is 20.0 Å². The third kappa shape index (κ3) is 3.95. The maximum atomic E-state index is 4.91. The molecule has 0 saturated heterocycles. The summed E-state index contributed by atoms with van der Waals surface area (Å²) in [7, 11) is 1.67. The topological polar surface area (TPSA) is 65.7 Å². The average Bonchev–Trinajstić information content (AvgIpc) is 2.11. The molecule has 0 radical (unpaired) electrons. The van der Waals surface area contributed by atoms with Crippen LogP contribution in [0.15, 0.2) is 0 Å². The summed E-state index contributed by atoms with van der Waals surface area (Å²) in [5, 5.41) is 3.06. The van der Waals surface area contributed by atoms with Crippen LogP contribution in [0.25, 0.3) is 0 Å². The largest absolute Gasteiger partial charge is 0.385 e. The van der Waals surface area contributed by atoms with Gasteiger partial charge in [-0.2, -0.15) is 4.98 Å². The number of aromatic nitrogens is 3. The van der Waals surface area contributed by atoms with E-state index in [1.165, 1.54) is 0 Å². The van der Waals surface area contributed by atoms with Gasteiger partial charge in [-0.3, -0.25) is 0 Å². The number of hydrogen-bond donors (Lipinski definition) is 3. The van der Waals surface area contributed by atoms with Gasteiger partial charge in [0.1, 0.15) is 0 Å². The highest BCUT2D eigenvalue weighted by Crippen LogP contribution is 1.95. The van der Waals surface area contributed by atoms with Crippen LogP contribution in [0.2, 0.25) is 0 Å². The smallest absolute Gasteiger partial charge is 0.205 e. The van der Waals surface area contributed by atoms with E-state index in [9.17, 15) is 0 Å². The quantitative estimate of drug-likeness (QED) is 0.532. The Balaban J connectivity index is 2.51. The van der Waals surface area contributed by atoms with Crippen LogP contribution in [-0.2, 0) is 4.74 Å². The molecule has 0 amide bonds. The van der Waals surface area contributed by atoms with Crippen LogP contribution < -0.4 is 5.32 Å². The molecule has 0 unspecified atom stereocenters. The third-order valence-electron chi connectivity index (χ3n) is 1.48. The van der Waals surface area contributed by atoms with Crippen molar-refractivity contribution in [1.82, 2.24) is 15.0 Å². The van der Waals surface area contributed by atoms with Gasteiger partial charge in [0.2, 0.25) is 10.7 Å². The van der Waals surface area contributed by atoms with Crippen molar-refractivity contribution in [3.63, 3.8) is 0 Å². The average molecular weight is 232 g/mol. The van der Waals surface area contributed by atoms with Gasteiger partial charge in [0.25, 0.3) is 0 Å². The SMILES string of the molecule is COCCCNc1nc(=S)[nH]c(=S)[nH]1. The summed E-state index contributed by atoms with van der Waals surface area (Å²) >= 11 is 9.78. The van der Waals surface area contributed by atoms with Crippen molar-refractivity contribution in [3.05, 3.63) is 9.54 Å². The molecule has 0 spiro atoms. The maximum Gasteiger partial charge on any atom is 0.205 e. The summed E-state index contributed by atoms with van der Waals surface area (Å²) in [5.41, 5.74) is 0. The van der Waals surface area contributed by atoms with E-state index in [2.05, 4.69) is 20.3 Å². The lowest BCUT2D eigenvalue weighted by Gasteiger charge is -2.03. The van der Waals surface area contributed by atoms with Crippen molar-refractivity contribution in [2.45, 2.75) is 6.42 Å². The fourth-order valence-electron chi connectivity index (χ4n) is 0.900. The summed E-state index contributed by atoms with van der Waals surface area (Å²) in [5.74, 6) is 0.592. The normalized spacial score (nSPS) is 10.1. The van der Waals surface area contributed by atoms with E-state index in [-0.39, 0.29) is 0 Å². The van der Waals surface area contributed by atoms with E-state index in [1.54, 1.807) is 7.11 Å². The standard InChI is InChI=1S/C7H12N4OS2/c1-12-4-2-3-8-5-9-6(13)11-7(14)10-5/h2-4H2,1H3,(H3,8,9,10,11,13,14). The Kier molecular flexibility index (Phi) is 4.71. The summed E-state index contributed by atoms with van der Waals surface area (Å²) in [6.07, 6.45) is 0.907. The molecule has 0 aliphatic rings. The molecule has 1 aromatic rings. The molecule has 0 aliphatic heterocycles. The highest BCUT2D eigenvalue weighted by atomic mass is 32.1. The first-order valence-corrected chi connectivity index (χ1v) is 4.97. The second-order valence-corrected chi connectivity index (χ2v) is 3.41. The van der Waals surface area contributed by atoms with Crippen molar-refractivity contribution >= 4 is 30.4 Å². The van der Waals surface area contributed by atoms with E-state index < -0.39 is 0 Å². The highest BCUT2D eigenvalue weighted by molar-refractivity contribution is 7.71. The Morgan fingerprint density at radius 1 is 1.43 bits per heavy atom. The van der Waals surface area contributed by atoms with Gasteiger partial charge in [0.05, 0.1) is 0 Å². The Morgan fingerprint density at radius 2 is 2.21 bits per heavy atom. The molecule has 14 heavy (non-hydrogen) atoms. The van der Waals surface area contributed by atoms with Gasteiger partial charge in [-0.1, -0.05) is 0 Å². The zero-order valence-corrected chi connectivity index (χ0v) is 9.43. The predicted molar refractivity (Wildman–Crippen MR) is 59.6 cm³/mol. The predicted octanol–water partition coefficient (Wildman–Crippen LogP) is 1.65. The van der Waals surface area contributed by atoms with E-state index in [0.29, 0.717) is 22.1 Å². The number of nitrogens with one attached hydrogen (secondary N) is 3. The molecule has 0 atom stereocenters. The lowest BCUT2D eigenvalue weighted by Crippen LogP contribution is -2.08. The maximum absolute atomic E-state index is 4.91. The Morgan fingerprint density at radius 3 is 2.86 bits per heavy atom. The van der Waals surface area contributed by atoms with Gasteiger partial charge in [0, 0.05) is 20.3 Å². The van der Waals surface area contributed by atoms with Gasteiger partial charge in [-0.05, 0) is 30.9 Å². The number of aromatic amines is 2. The first-order valence-electron chi connectivity index (χ1n) is 4.16.